The van der Waals surface area contributed by atoms with E-state index in [0.717, 1.165) is 31.8 Å². The standard InChI is InChI=1S/C12H26N2O/c1-5-15-10-13(4)9-12-6-7-14(12)8-11(2)3/h11-12H,5-10H2,1-4H3. The Kier molecular flexibility index (Phi) is 5.58. The number of ether oxygens (including phenoxy) is 1. The fraction of sp³-hybridized carbons (Fsp3) is 1.00. The molecule has 1 fully saturated rings. The molecule has 15 heavy (non-hydrogen) atoms. The highest BCUT2D eigenvalue weighted by molar-refractivity contribution is 4.84. The van der Waals surface area contributed by atoms with E-state index in [1.165, 1.54) is 19.5 Å². The lowest BCUT2D eigenvalue weighted by Crippen LogP contribution is -2.54. The molecule has 1 rings (SSSR count). The van der Waals surface area contributed by atoms with Gasteiger partial charge < -0.3 is 4.74 Å². The van der Waals surface area contributed by atoms with E-state index in [4.69, 9.17) is 4.74 Å². The molecular weight excluding hydrogens is 188 g/mol. The minimum atomic E-state index is 0.762. The number of likely N-dealkylation sites (N-methyl/N-ethyl adjacent to an activating group) is 1. The van der Waals surface area contributed by atoms with Gasteiger partial charge in [-0.05, 0) is 26.3 Å². The van der Waals surface area contributed by atoms with Crippen LogP contribution in [0.5, 0.6) is 0 Å². The summed E-state index contributed by atoms with van der Waals surface area (Å²) in [6, 6.07) is 0.762. The van der Waals surface area contributed by atoms with Crippen molar-refractivity contribution in [2.75, 3.05) is 40.0 Å². The minimum Gasteiger partial charge on any atom is -0.366 e. The SMILES string of the molecule is CCOCN(C)CC1CCN1CC(C)C. The fourth-order valence-corrected chi connectivity index (χ4v) is 2.07. The van der Waals surface area contributed by atoms with Crippen LogP contribution in [0.3, 0.4) is 0 Å². The Hall–Kier alpha value is -0.120. The van der Waals surface area contributed by atoms with E-state index < -0.39 is 0 Å². The van der Waals surface area contributed by atoms with Crippen LogP contribution in [0.15, 0.2) is 0 Å². The first-order valence-electron chi connectivity index (χ1n) is 6.13. The van der Waals surface area contributed by atoms with Gasteiger partial charge in [-0.1, -0.05) is 13.8 Å². The van der Waals surface area contributed by atoms with Crippen LogP contribution in [-0.4, -0.2) is 55.9 Å². The number of hydrogen-bond acceptors (Lipinski definition) is 3. The predicted octanol–water partition coefficient (Wildman–Crippen LogP) is 1.64. The Morgan fingerprint density at radius 1 is 1.47 bits per heavy atom. The molecule has 0 aromatic rings. The van der Waals surface area contributed by atoms with Gasteiger partial charge in [0.2, 0.25) is 0 Å². The van der Waals surface area contributed by atoms with Gasteiger partial charge in [0.25, 0.3) is 0 Å². The van der Waals surface area contributed by atoms with Crippen molar-refractivity contribution in [3.8, 4) is 0 Å². The maximum Gasteiger partial charge on any atom is 0.0988 e. The van der Waals surface area contributed by atoms with E-state index >= 15 is 0 Å². The smallest absolute Gasteiger partial charge is 0.0988 e. The van der Waals surface area contributed by atoms with Gasteiger partial charge in [-0.25, -0.2) is 0 Å². The molecule has 0 aliphatic carbocycles. The molecule has 1 aliphatic heterocycles. The molecule has 3 heteroatoms. The molecule has 0 amide bonds. The Balaban J connectivity index is 2.15. The summed E-state index contributed by atoms with van der Waals surface area (Å²) in [4.78, 5) is 4.87. The predicted molar refractivity (Wildman–Crippen MR) is 63.9 cm³/mol. The van der Waals surface area contributed by atoms with Gasteiger partial charge in [-0.3, -0.25) is 9.80 Å². The second-order valence-electron chi connectivity index (χ2n) is 4.99. The first kappa shape index (κ1) is 12.9. The highest BCUT2D eigenvalue weighted by Gasteiger charge is 2.28. The van der Waals surface area contributed by atoms with Crippen molar-refractivity contribution in [2.45, 2.75) is 33.2 Å². The number of likely N-dealkylation sites (tertiary alicyclic amines) is 1. The van der Waals surface area contributed by atoms with Gasteiger partial charge in [0.05, 0.1) is 6.73 Å². The summed E-state index contributed by atoms with van der Waals surface area (Å²) >= 11 is 0. The molecule has 1 aliphatic rings. The van der Waals surface area contributed by atoms with Crippen molar-refractivity contribution in [3.05, 3.63) is 0 Å². The number of hydrogen-bond donors (Lipinski definition) is 0. The Morgan fingerprint density at radius 2 is 2.20 bits per heavy atom. The van der Waals surface area contributed by atoms with Crippen molar-refractivity contribution < 1.29 is 4.74 Å². The van der Waals surface area contributed by atoms with Gasteiger partial charge >= 0.3 is 0 Å². The zero-order chi connectivity index (χ0) is 11.3. The first-order valence-corrected chi connectivity index (χ1v) is 6.13. The molecule has 0 N–H and O–H groups in total. The second-order valence-corrected chi connectivity index (χ2v) is 4.99. The molecule has 1 saturated heterocycles. The second kappa shape index (κ2) is 6.46. The minimum absolute atomic E-state index is 0.762. The molecule has 0 radical (unpaired) electrons. The van der Waals surface area contributed by atoms with Gasteiger partial charge in [0, 0.05) is 32.3 Å². The average Bonchev–Trinajstić information content (AvgIpc) is 2.18. The summed E-state index contributed by atoms with van der Waals surface area (Å²) in [6.45, 7) is 11.9. The van der Waals surface area contributed by atoms with Crippen LogP contribution >= 0.6 is 0 Å². The topological polar surface area (TPSA) is 15.7 Å². The molecule has 0 aromatic heterocycles. The van der Waals surface area contributed by atoms with Gasteiger partial charge in [-0.15, -0.1) is 0 Å². The third-order valence-corrected chi connectivity index (χ3v) is 2.90. The normalized spacial score (nSPS) is 22.4. The highest BCUT2D eigenvalue weighted by Crippen LogP contribution is 2.19. The zero-order valence-electron chi connectivity index (χ0n) is 10.7. The molecule has 0 aromatic carbocycles. The van der Waals surface area contributed by atoms with E-state index in [1.54, 1.807) is 0 Å². The average molecular weight is 214 g/mol. The first-order chi connectivity index (χ1) is 7.13. The Labute approximate surface area is 94.4 Å². The summed E-state index contributed by atoms with van der Waals surface area (Å²) < 4.78 is 5.39. The molecule has 1 heterocycles. The maximum atomic E-state index is 5.39. The van der Waals surface area contributed by atoms with Gasteiger partial charge in [0.15, 0.2) is 0 Å². The number of nitrogens with zero attached hydrogens (tertiary/aromatic N) is 2. The third-order valence-electron chi connectivity index (χ3n) is 2.90. The maximum absolute atomic E-state index is 5.39. The summed E-state index contributed by atoms with van der Waals surface area (Å²) in [5, 5.41) is 0. The van der Waals surface area contributed by atoms with E-state index in [1.807, 2.05) is 6.92 Å². The van der Waals surface area contributed by atoms with Crippen molar-refractivity contribution in [2.24, 2.45) is 5.92 Å². The molecule has 1 unspecified atom stereocenters. The quantitative estimate of drug-likeness (QED) is 0.599. The lowest BCUT2D eigenvalue weighted by atomic mass is 10.0. The Morgan fingerprint density at radius 3 is 2.67 bits per heavy atom. The van der Waals surface area contributed by atoms with Crippen LogP contribution in [0.4, 0.5) is 0 Å². The third kappa shape index (κ3) is 4.49. The van der Waals surface area contributed by atoms with Crippen LogP contribution in [0, 0.1) is 5.92 Å². The van der Waals surface area contributed by atoms with Crippen LogP contribution in [-0.2, 0) is 4.74 Å². The van der Waals surface area contributed by atoms with Crippen LogP contribution < -0.4 is 0 Å². The monoisotopic (exact) mass is 214 g/mol. The van der Waals surface area contributed by atoms with Gasteiger partial charge in [0.1, 0.15) is 0 Å². The van der Waals surface area contributed by atoms with E-state index in [-0.39, 0.29) is 0 Å². The molecule has 1 atom stereocenters. The van der Waals surface area contributed by atoms with Crippen molar-refractivity contribution >= 4 is 0 Å². The van der Waals surface area contributed by atoms with E-state index in [2.05, 4.69) is 30.7 Å². The van der Waals surface area contributed by atoms with Crippen molar-refractivity contribution in [1.29, 1.82) is 0 Å². The van der Waals surface area contributed by atoms with Crippen molar-refractivity contribution in [3.63, 3.8) is 0 Å². The van der Waals surface area contributed by atoms with Crippen LogP contribution in [0.25, 0.3) is 0 Å². The zero-order valence-corrected chi connectivity index (χ0v) is 10.7. The van der Waals surface area contributed by atoms with E-state index in [9.17, 15) is 0 Å². The molecule has 90 valence electrons. The summed E-state index contributed by atoms with van der Waals surface area (Å²) in [5.74, 6) is 0.782. The molecule has 0 saturated carbocycles. The van der Waals surface area contributed by atoms with Crippen LogP contribution in [0.1, 0.15) is 27.2 Å². The highest BCUT2D eigenvalue weighted by atomic mass is 16.5. The van der Waals surface area contributed by atoms with Crippen molar-refractivity contribution in [1.82, 2.24) is 9.80 Å². The Bertz CT molecular complexity index is 173. The van der Waals surface area contributed by atoms with Crippen LogP contribution in [0.2, 0.25) is 0 Å². The molecule has 0 bridgehead atoms. The van der Waals surface area contributed by atoms with E-state index in [0.29, 0.717) is 0 Å². The molecule has 3 nitrogen and oxygen atoms in total. The number of rotatable bonds is 7. The fourth-order valence-electron chi connectivity index (χ4n) is 2.07. The lowest BCUT2D eigenvalue weighted by Gasteiger charge is -2.43. The molecular formula is C12H26N2O. The van der Waals surface area contributed by atoms with Gasteiger partial charge in [-0.2, -0.15) is 0 Å². The summed E-state index contributed by atoms with van der Waals surface area (Å²) in [5.41, 5.74) is 0. The lowest BCUT2D eigenvalue weighted by molar-refractivity contribution is 0.00338. The molecule has 0 spiro atoms. The summed E-state index contributed by atoms with van der Waals surface area (Å²) in [7, 11) is 2.14. The summed E-state index contributed by atoms with van der Waals surface area (Å²) in [6.07, 6.45) is 1.35. The largest absolute Gasteiger partial charge is 0.366 e.